The predicted molar refractivity (Wildman–Crippen MR) is 96.6 cm³/mol. The molecule has 1 unspecified atom stereocenters. The van der Waals surface area contributed by atoms with Crippen LogP contribution in [0.5, 0.6) is 5.75 Å². The second kappa shape index (κ2) is 7.86. The van der Waals surface area contributed by atoms with E-state index < -0.39 is 18.7 Å². The van der Waals surface area contributed by atoms with Gasteiger partial charge in [0.2, 0.25) is 0 Å². The third-order valence-corrected chi connectivity index (χ3v) is 4.07. The number of carbonyl (C=O) groups excluding carboxylic acids is 1. The maximum Gasteiger partial charge on any atom is 0.387 e. The number of fused-ring (bicyclic) bond motifs is 1. The second-order valence-electron chi connectivity index (χ2n) is 5.72. The Morgan fingerprint density at radius 1 is 1.15 bits per heavy atom. The first kappa shape index (κ1) is 17.7. The Hall–Kier alpha value is -3.09. The minimum atomic E-state index is -2.92. The van der Waals surface area contributed by atoms with E-state index in [-0.39, 0.29) is 5.75 Å². The Morgan fingerprint density at radius 3 is 2.73 bits per heavy atom. The quantitative estimate of drug-likeness (QED) is 0.577. The Bertz CT molecular complexity index is 895. The third kappa shape index (κ3) is 3.93. The molecule has 3 aromatic rings. The van der Waals surface area contributed by atoms with Crippen LogP contribution in [0.15, 0.2) is 54.7 Å². The number of urea groups is 1. The molecule has 0 fully saturated rings. The normalized spacial score (nSPS) is 12.2. The third-order valence-electron chi connectivity index (χ3n) is 4.07. The van der Waals surface area contributed by atoms with Crippen LogP contribution in [0.25, 0.3) is 10.9 Å². The number of rotatable bonds is 6. The number of alkyl halides is 2. The van der Waals surface area contributed by atoms with Gasteiger partial charge in [-0.2, -0.15) is 8.78 Å². The lowest BCUT2D eigenvalue weighted by atomic mass is 10.0. The van der Waals surface area contributed by atoms with Crippen molar-refractivity contribution in [3.8, 4) is 5.75 Å². The lowest BCUT2D eigenvalue weighted by molar-refractivity contribution is -0.0506. The van der Waals surface area contributed by atoms with Gasteiger partial charge in [0, 0.05) is 22.7 Å². The number of H-pyrrole nitrogens is 1. The van der Waals surface area contributed by atoms with Crippen LogP contribution < -0.4 is 15.4 Å². The Morgan fingerprint density at radius 2 is 1.96 bits per heavy atom. The monoisotopic (exact) mass is 359 g/mol. The van der Waals surface area contributed by atoms with Crippen molar-refractivity contribution in [2.24, 2.45) is 0 Å². The van der Waals surface area contributed by atoms with Crippen LogP contribution in [0.1, 0.15) is 24.9 Å². The van der Waals surface area contributed by atoms with E-state index in [1.54, 1.807) is 30.5 Å². The number of anilines is 1. The van der Waals surface area contributed by atoms with Gasteiger partial charge in [0.25, 0.3) is 0 Å². The second-order valence-corrected chi connectivity index (χ2v) is 5.72. The van der Waals surface area contributed by atoms with E-state index in [0.29, 0.717) is 17.7 Å². The highest BCUT2D eigenvalue weighted by Gasteiger charge is 2.19. The number of benzene rings is 2. The summed E-state index contributed by atoms with van der Waals surface area (Å²) < 4.78 is 29.8. The molecule has 7 heteroatoms. The summed E-state index contributed by atoms with van der Waals surface area (Å²) in [5.41, 5.74) is 2.07. The number of amides is 2. The summed E-state index contributed by atoms with van der Waals surface area (Å²) in [6.07, 6.45) is 2.31. The molecule has 0 spiro atoms. The molecule has 2 aromatic carbocycles. The van der Waals surface area contributed by atoms with E-state index in [1.165, 1.54) is 6.07 Å². The maximum atomic E-state index is 12.6. The molecule has 26 heavy (non-hydrogen) atoms. The van der Waals surface area contributed by atoms with Gasteiger partial charge in [-0.05, 0) is 30.7 Å². The van der Waals surface area contributed by atoms with Gasteiger partial charge >= 0.3 is 12.6 Å². The van der Waals surface area contributed by atoms with E-state index in [1.807, 2.05) is 25.1 Å². The lowest BCUT2D eigenvalue weighted by Gasteiger charge is -2.21. The Labute approximate surface area is 149 Å². The van der Waals surface area contributed by atoms with Crippen molar-refractivity contribution in [2.75, 3.05) is 5.32 Å². The largest absolute Gasteiger partial charge is 0.434 e. The van der Waals surface area contributed by atoms with Crippen molar-refractivity contribution in [3.63, 3.8) is 0 Å². The number of hydrogen-bond donors (Lipinski definition) is 3. The summed E-state index contributed by atoms with van der Waals surface area (Å²) in [6.45, 7) is -1.06. The van der Waals surface area contributed by atoms with Gasteiger partial charge in [0.05, 0.1) is 11.7 Å². The predicted octanol–water partition coefficient (Wildman–Crippen LogP) is 5.04. The van der Waals surface area contributed by atoms with Crippen molar-refractivity contribution in [1.82, 2.24) is 10.3 Å². The van der Waals surface area contributed by atoms with Crippen molar-refractivity contribution >= 4 is 22.6 Å². The van der Waals surface area contributed by atoms with Crippen molar-refractivity contribution < 1.29 is 18.3 Å². The van der Waals surface area contributed by atoms with Gasteiger partial charge < -0.3 is 20.4 Å². The molecule has 1 aromatic heterocycles. The average molecular weight is 359 g/mol. The minimum absolute atomic E-state index is 0.0578. The smallest absolute Gasteiger partial charge is 0.387 e. The molecule has 0 saturated carbocycles. The van der Waals surface area contributed by atoms with Gasteiger partial charge in [-0.3, -0.25) is 0 Å². The first-order chi connectivity index (χ1) is 12.6. The highest BCUT2D eigenvalue weighted by molar-refractivity contribution is 6.00. The van der Waals surface area contributed by atoms with Crippen LogP contribution in [0.2, 0.25) is 0 Å². The van der Waals surface area contributed by atoms with E-state index in [4.69, 9.17) is 0 Å². The molecule has 1 heterocycles. The minimum Gasteiger partial charge on any atom is -0.434 e. The summed E-state index contributed by atoms with van der Waals surface area (Å²) in [5.74, 6) is 0.0578. The highest BCUT2D eigenvalue weighted by atomic mass is 19.3. The molecular weight excluding hydrogens is 340 g/mol. The SMILES string of the molecule is CCC(NC(=O)Nc1cccc2[nH]ccc12)c1ccccc1OC(F)F. The Balaban J connectivity index is 1.76. The van der Waals surface area contributed by atoms with Gasteiger partial charge in [0.15, 0.2) is 0 Å². The van der Waals surface area contributed by atoms with E-state index in [0.717, 1.165) is 10.9 Å². The van der Waals surface area contributed by atoms with Crippen molar-refractivity contribution in [1.29, 1.82) is 0 Å². The zero-order chi connectivity index (χ0) is 18.5. The molecule has 3 N–H and O–H groups in total. The van der Waals surface area contributed by atoms with Gasteiger partial charge in [-0.25, -0.2) is 4.79 Å². The average Bonchev–Trinajstić information content (AvgIpc) is 3.10. The van der Waals surface area contributed by atoms with Crippen LogP contribution in [-0.2, 0) is 0 Å². The van der Waals surface area contributed by atoms with Gasteiger partial charge in [0.1, 0.15) is 5.75 Å². The number of nitrogens with one attached hydrogen (secondary N) is 3. The zero-order valence-corrected chi connectivity index (χ0v) is 14.1. The number of para-hydroxylation sites is 1. The highest BCUT2D eigenvalue weighted by Crippen LogP contribution is 2.29. The zero-order valence-electron chi connectivity index (χ0n) is 14.1. The standard InChI is InChI=1S/C19H19F2N3O2/c1-2-14(13-6-3-4-9-17(13)26-18(20)21)23-19(25)24-16-8-5-7-15-12(16)10-11-22-15/h3-11,14,18,22H,2H2,1H3,(H2,23,24,25). The summed E-state index contributed by atoms with van der Waals surface area (Å²) in [6, 6.07) is 13.0. The van der Waals surface area contributed by atoms with Crippen LogP contribution >= 0.6 is 0 Å². The molecule has 2 amide bonds. The van der Waals surface area contributed by atoms with Crippen LogP contribution in [0.4, 0.5) is 19.3 Å². The molecule has 5 nitrogen and oxygen atoms in total. The topological polar surface area (TPSA) is 66.2 Å². The molecule has 0 radical (unpaired) electrons. The van der Waals surface area contributed by atoms with Crippen LogP contribution in [-0.4, -0.2) is 17.6 Å². The molecule has 0 bridgehead atoms. The van der Waals surface area contributed by atoms with Gasteiger partial charge in [-0.15, -0.1) is 0 Å². The van der Waals surface area contributed by atoms with Crippen LogP contribution in [0.3, 0.4) is 0 Å². The van der Waals surface area contributed by atoms with Crippen LogP contribution in [0, 0.1) is 0 Å². The van der Waals surface area contributed by atoms with E-state index >= 15 is 0 Å². The molecule has 0 aliphatic carbocycles. The lowest BCUT2D eigenvalue weighted by Crippen LogP contribution is -2.32. The summed E-state index contributed by atoms with van der Waals surface area (Å²) in [4.78, 5) is 15.5. The van der Waals surface area contributed by atoms with E-state index in [2.05, 4.69) is 20.4 Å². The number of aromatic nitrogens is 1. The molecular formula is C19H19F2N3O2. The number of halogens is 2. The fraction of sp³-hybridized carbons (Fsp3) is 0.211. The van der Waals surface area contributed by atoms with Crippen molar-refractivity contribution in [2.45, 2.75) is 26.0 Å². The fourth-order valence-electron chi connectivity index (χ4n) is 2.88. The molecule has 0 aliphatic rings. The Kier molecular flexibility index (Phi) is 5.36. The summed E-state index contributed by atoms with van der Waals surface area (Å²) >= 11 is 0. The first-order valence-corrected chi connectivity index (χ1v) is 8.26. The summed E-state index contributed by atoms with van der Waals surface area (Å²) in [7, 11) is 0. The number of hydrogen-bond acceptors (Lipinski definition) is 2. The maximum absolute atomic E-state index is 12.6. The summed E-state index contributed by atoms with van der Waals surface area (Å²) in [5, 5.41) is 6.51. The number of aromatic amines is 1. The van der Waals surface area contributed by atoms with Crippen molar-refractivity contribution in [3.05, 3.63) is 60.3 Å². The molecule has 136 valence electrons. The number of carbonyl (C=O) groups is 1. The first-order valence-electron chi connectivity index (χ1n) is 8.26. The fourth-order valence-corrected chi connectivity index (χ4v) is 2.88. The molecule has 0 saturated heterocycles. The molecule has 0 aliphatic heterocycles. The molecule has 1 atom stereocenters. The number of ether oxygens (including phenoxy) is 1. The molecule has 3 rings (SSSR count). The van der Waals surface area contributed by atoms with E-state index in [9.17, 15) is 13.6 Å². The van der Waals surface area contributed by atoms with Gasteiger partial charge in [-0.1, -0.05) is 31.2 Å².